The molecule has 1 N–H and O–H groups in total. The topological polar surface area (TPSA) is 54.4 Å². The summed E-state index contributed by atoms with van der Waals surface area (Å²) in [4.78, 5) is 23.6. The summed E-state index contributed by atoms with van der Waals surface area (Å²) in [6, 6.07) is 14.0. The van der Waals surface area contributed by atoms with Crippen molar-refractivity contribution in [3.05, 3.63) is 69.7 Å². The number of aryl methyl sites for hydroxylation is 1. The van der Waals surface area contributed by atoms with Gasteiger partial charge < -0.3 is 5.11 Å². The lowest BCUT2D eigenvalue weighted by atomic mass is 9.88. The van der Waals surface area contributed by atoms with E-state index in [1.165, 1.54) is 0 Å². The first-order chi connectivity index (χ1) is 11.4. The first-order valence-electron chi connectivity index (χ1n) is 7.15. The molecule has 24 heavy (non-hydrogen) atoms. The monoisotopic (exact) mass is 358 g/mol. The molecule has 3 aromatic rings. The number of fused-ring (bicyclic) bond motifs is 1. The summed E-state index contributed by atoms with van der Waals surface area (Å²) in [6.45, 7) is 1.73. The smallest absolute Gasteiger partial charge is 0.377 e. The summed E-state index contributed by atoms with van der Waals surface area (Å²) in [5.41, 5.74) is 2.03. The summed E-state index contributed by atoms with van der Waals surface area (Å²) < 4.78 is 0. The van der Waals surface area contributed by atoms with Crippen LogP contribution in [0.1, 0.15) is 15.9 Å². The Bertz CT molecular complexity index is 976. The molecule has 0 saturated heterocycles. The first kappa shape index (κ1) is 16.5. The molecule has 0 unspecified atom stereocenters. The number of benzene rings is 3. The Morgan fingerprint density at radius 1 is 0.917 bits per heavy atom. The molecule has 0 saturated carbocycles. The number of halogens is 2. The van der Waals surface area contributed by atoms with E-state index in [0.29, 0.717) is 26.7 Å². The Hall–Kier alpha value is -2.36. The van der Waals surface area contributed by atoms with Crippen molar-refractivity contribution >= 4 is 45.7 Å². The minimum Gasteiger partial charge on any atom is -0.475 e. The normalized spacial score (nSPS) is 10.8. The maximum absolute atomic E-state index is 12.3. The molecule has 0 heterocycles. The van der Waals surface area contributed by atoms with Gasteiger partial charge in [-0.15, -0.1) is 0 Å². The predicted molar refractivity (Wildman–Crippen MR) is 96.1 cm³/mol. The second-order valence-corrected chi connectivity index (χ2v) is 6.32. The number of carboxylic acids is 1. The van der Waals surface area contributed by atoms with Crippen LogP contribution in [-0.2, 0) is 4.79 Å². The highest BCUT2D eigenvalue weighted by molar-refractivity contribution is 6.42. The fourth-order valence-corrected chi connectivity index (χ4v) is 3.12. The van der Waals surface area contributed by atoms with Crippen LogP contribution in [0.4, 0.5) is 0 Å². The number of hydrogen-bond acceptors (Lipinski definition) is 2. The quantitative estimate of drug-likeness (QED) is 0.504. The van der Waals surface area contributed by atoms with Crippen molar-refractivity contribution < 1.29 is 14.7 Å². The third-order valence-corrected chi connectivity index (χ3v) is 4.34. The van der Waals surface area contributed by atoms with Crippen molar-refractivity contribution in [3.63, 3.8) is 0 Å². The Labute approximate surface area is 148 Å². The molecule has 0 aliphatic heterocycles. The minimum absolute atomic E-state index is 0.166. The molecule has 120 valence electrons. The van der Waals surface area contributed by atoms with E-state index in [2.05, 4.69) is 0 Å². The summed E-state index contributed by atoms with van der Waals surface area (Å²) in [5.74, 6) is -2.44. The SMILES string of the molecule is Cc1cc2ccc(Cl)cc2c(-c2ccc(Cl)cc2)c1C(=O)C(=O)O. The van der Waals surface area contributed by atoms with E-state index < -0.39 is 11.8 Å². The van der Waals surface area contributed by atoms with Gasteiger partial charge in [0.1, 0.15) is 0 Å². The van der Waals surface area contributed by atoms with E-state index >= 15 is 0 Å². The van der Waals surface area contributed by atoms with Crippen molar-refractivity contribution in [3.8, 4) is 11.1 Å². The van der Waals surface area contributed by atoms with Crippen molar-refractivity contribution in [2.24, 2.45) is 0 Å². The molecule has 3 aromatic carbocycles. The minimum atomic E-state index is -1.49. The van der Waals surface area contributed by atoms with Gasteiger partial charge in [0.25, 0.3) is 5.78 Å². The zero-order valence-corrected chi connectivity index (χ0v) is 14.2. The number of Topliss-reactive ketones (excluding diaryl/α,β-unsaturated/α-hetero) is 1. The lowest BCUT2D eigenvalue weighted by Gasteiger charge is -2.15. The highest BCUT2D eigenvalue weighted by atomic mass is 35.5. The van der Waals surface area contributed by atoms with E-state index in [9.17, 15) is 14.7 Å². The van der Waals surface area contributed by atoms with Crippen LogP contribution in [0, 0.1) is 6.92 Å². The average Bonchev–Trinajstić information content (AvgIpc) is 2.54. The number of carbonyl (C=O) groups is 2. The Balaban J connectivity index is 2.46. The molecule has 0 fully saturated rings. The molecule has 0 radical (unpaired) electrons. The molecular formula is C19H12Cl2O3. The number of carboxylic acid groups (broad SMARTS) is 1. The molecule has 0 aromatic heterocycles. The van der Waals surface area contributed by atoms with Gasteiger partial charge in [0.05, 0.1) is 0 Å². The molecule has 3 rings (SSSR count). The Kier molecular flexibility index (Phi) is 4.31. The van der Waals surface area contributed by atoms with Gasteiger partial charge in [-0.05, 0) is 53.1 Å². The molecular weight excluding hydrogens is 347 g/mol. The van der Waals surface area contributed by atoms with Crippen molar-refractivity contribution in [1.82, 2.24) is 0 Å². The number of hydrogen-bond donors (Lipinski definition) is 1. The third kappa shape index (κ3) is 2.88. The van der Waals surface area contributed by atoms with E-state index in [4.69, 9.17) is 23.2 Å². The predicted octanol–water partition coefficient (Wildman–Crippen LogP) is 5.39. The fraction of sp³-hybridized carbons (Fsp3) is 0.0526. The van der Waals surface area contributed by atoms with Crippen LogP contribution in [0.2, 0.25) is 10.0 Å². The maximum atomic E-state index is 12.3. The fourth-order valence-electron chi connectivity index (χ4n) is 2.82. The number of ketones is 1. The van der Waals surface area contributed by atoms with E-state index in [-0.39, 0.29) is 5.56 Å². The summed E-state index contributed by atoms with van der Waals surface area (Å²) in [7, 11) is 0. The number of aliphatic carboxylic acids is 1. The van der Waals surface area contributed by atoms with Gasteiger partial charge in [0.15, 0.2) is 0 Å². The van der Waals surface area contributed by atoms with Crippen LogP contribution in [0.25, 0.3) is 21.9 Å². The summed E-state index contributed by atoms with van der Waals surface area (Å²) >= 11 is 12.1. The molecule has 0 bridgehead atoms. The van der Waals surface area contributed by atoms with Gasteiger partial charge in [-0.3, -0.25) is 4.79 Å². The molecule has 0 atom stereocenters. The van der Waals surface area contributed by atoms with Gasteiger partial charge in [0, 0.05) is 21.2 Å². The zero-order valence-electron chi connectivity index (χ0n) is 12.6. The molecule has 3 nitrogen and oxygen atoms in total. The molecule has 0 aliphatic rings. The second-order valence-electron chi connectivity index (χ2n) is 5.45. The lowest BCUT2D eigenvalue weighted by Crippen LogP contribution is -2.15. The van der Waals surface area contributed by atoms with Crippen molar-refractivity contribution in [1.29, 1.82) is 0 Å². The highest BCUT2D eigenvalue weighted by Crippen LogP contribution is 2.36. The third-order valence-electron chi connectivity index (χ3n) is 3.86. The van der Waals surface area contributed by atoms with Gasteiger partial charge in [-0.25, -0.2) is 4.79 Å². The highest BCUT2D eigenvalue weighted by Gasteiger charge is 2.24. The van der Waals surface area contributed by atoms with Crippen LogP contribution in [0.3, 0.4) is 0 Å². The maximum Gasteiger partial charge on any atom is 0.377 e. The van der Waals surface area contributed by atoms with Crippen LogP contribution < -0.4 is 0 Å². The second kappa shape index (κ2) is 6.27. The number of carbonyl (C=O) groups excluding carboxylic acids is 1. The van der Waals surface area contributed by atoms with E-state index in [1.807, 2.05) is 6.07 Å². The van der Waals surface area contributed by atoms with Gasteiger partial charge in [-0.2, -0.15) is 0 Å². The van der Waals surface area contributed by atoms with Crippen LogP contribution in [-0.4, -0.2) is 16.9 Å². The van der Waals surface area contributed by atoms with Gasteiger partial charge in [-0.1, -0.05) is 47.5 Å². The van der Waals surface area contributed by atoms with E-state index in [1.54, 1.807) is 49.4 Å². The van der Waals surface area contributed by atoms with E-state index in [0.717, 1.165) is 10.8 Å². The Morgan fingerprint density at radius 2 is 1.54 bits per heavy atom. The Morgan fingerprint density at radius 3 is 2.17 bits per heavy atom. The lowest BCUT2D eigenvalue weighted by molar-refractivity contribution is -0.131. The molecule has 0 spiro atoms. The van der Waals surface area contributed by atoms with Gasteiger partial charge >= 0.3 is 5.97 Å². The number of rotatable bonds is 3. The van der Waals surface area contributed by atoms with Crippen molar-refractivity contribution in [2.45, 2.75) is 6.92 Å². The average molecular weight is 359 g/mol. The van der Waals surface area contributed by atoms with Crippen molar-refractivity contribution in [2.75, 3.05) is 0 Å². The first-order valence-corrected chi connectivity index (χ1v) is 7.90. The molecule has 5 heteroatoms. The zero-order chi connectivity index (χ0) is 17.4. The standard InChI is InChI=1S/C19H12Cl2O3/c1-10-8-12-4-7-14(21)9-15(12)17(16(10)18(22)19(23)24)11-2-5-13(20)6-3-11/h2-9H,1H3,(H,23,24). The van der Waals surface area contributed by atoms with Crippen LogP contribution in [0.15, 0.2) is 48.5 Å². The summed E-state index contributed by atoms with van der Waals surface area (Å²) in [6.07, 6.45) is 0. The van der Waals surface area contributed by atoms with Crippen LogP contribution in [0.5, 0.6) is 0 Å². The largest absolute Gasteiger partial charge is 0.475 e. The molecule has 0 amide bonds. The van der Waals surface area contributed by atoms with Crippen LogP contribution >= 0.6 is 23.2 Å². The molecule has 0 aliphatic carbocycles. The summed E-state index contributed by atoms with van der Waals surface area (Å²) in [5, 5.41) is 11.9. The van der Waals surface area contributed by atoms with Gasteiger partial charge in [0.2, 0.25) is 0 Å².